The molecule has 0 aliphatic rings. The maximum absolute atomic E-state index is 10.6. The maximum atomic E-state index is 10.6. The standard InChI is InChI=1S/C14H12N2O5/c17-9-14(10-1-5-12(6-2-10)15(18)19)11-3-7-13(8-4-11)16(20)21/h1-8,14,17H,9H2. The lowest BCUT2D eigenvalue weighted by atomic mass is 9.92. The van der Waals surface area contributed by atoms with Gasteiger partial charge in [-0.1, -0.05) is 24.3 Å². The molecule has 0 saturated carbocycles. The maximum Gasteiger partial charge on any atom is 0.269 e. The highest BCUT2D eigenvalue weighted by molar-refractivity contribution is 5.41. The first-order chi connectivity index (χ1) is 10.0. The van der Waals surface area contributed by atoms with Crippen LogP contribution in [0.25, 0.3) is 0 Å². The number of aliphatic hydroxyl groups is 1. The third-order valence-corrected chi connectivity index (χ3v) is 3.20. The van der Waals surface area contributed by atoms with Gasteiger partial charge in [-0.2, -0.15) is 0 Å². The number of rotatable bonds is 5. The van der Waals surface area contributed by atoms with Gasteiger partial charge in [-0.25, -0.2) is 0 Å². The van der Waals surface area contributed by atoms with Gasteiger partial charge in [0.25, 0.3) is 11.4 Å². The normalized spacial score (nSPS) is 10.6. The van der Waals surface area contributed by atoms with Gasteiger partial charge < -0.3 is 5.11 Å². The van der Waals surface area contributed by atoms with Crippen molar-refractivity contribution in [2.75, 3.05) is 6.61 Å². The number of benzene rings is 2. The van der Waals surface area contributed by atoms with Gasteiger partial charge in [0.1, 0.15) is 0 Å². The van der Waals surface area contributed by atoms with Crippen LogP contribution in [0.15, 0.2) is 48.5 Å². The van der Waals surface area contributed by atoms with E-state index in [4.69, 9.17) is 0 Å². The van der Waals surface area contributed by atoms with Crippen molar-refractivity contribution < 1.29 is 15.0 Å². The van der Waals surface area contributed by atoms with Gasteiger partial charge in [-0.05, 0) is 11.1 Å². The van der Waals surface area contributed by atoms with Crippen LogP contribution in [-0.4, -0.2) is 21.6 Å². The van der Waals surface area contributed by atoms with Crippen LogP contribution < -0.4 is 0 Å². The fraction of sp³-hybridized carbons (Fsp3) is 0.143. The van der Waals surface area contributed by atoms with Crippen molar-refractivity contribution in [2.24, 2.45) is 0 Å². The first kappa shape index (κ1) is 14.6. The summed E-state index contributed by atoms with van der Waals surface area (Å²) in [6, 6.07) is 11.7. The van der Waals surface area contributed by atoms with Gasteiger partial charge in [-0.15, -0.1) is 0 Å². The highest BCUT2D eigenvalue weighted by Crippen LogP contribution is 2.27. The van der Waals surface area contributed by atoms with E-state index in [1.165, 1.54) is 24.3 Å². The average Bonchev–Trinajstić information content (AvgIpc) is 2.49. The van der Waals surface area contributed by atoms with E-state index in [0.717, 1.165) is 0 Å². The lowest BCUT2D eigenvalue weighted by molar-refractivity contribution is -0.385. The molecule has 0 aliphatic heterocycles. The van der Waals surface area contributed by atoms with Crippen LogP contribution in [0.5, 0.6) is 0 Å². The molecule has 0 saturated heterocycles. The fourth-order valence-corrected chi connectivity index (χ4v) is 2.06. The van der Waals surface area contributed by atoms with Gasteiger partial charge in [-0.3, -0.25) is 20.2 Å². The molecule has 2 aromatic carbocycles. The summed E-state index contributed by atoms with van der Waals surface area (Å²) in [7, 11) is 0. The van der Waals surface area contributed by atoms with Gasteiger partial charge in [0, 0.05) is 30.2 Å². The quantitative estimate of drug-likeness (QED) is 0.672. The van der Waals surface area contributed by atoms with Crippen LogP contribution in [0, 0.1) is 20.2 Å². The number of nitrogens with zero attached hydrogens (tertiary/aromatic N) is 2. The molecule has 0 amide bonds. The Bertz CT molecular complexity index is 595. The lowest BCUT2D eigenvalue weighted by Crippen LogP contribution is -2.06. The topological polar surface area (TPSA) is 107 Å². The number of non-ortho nitro benzene ring substituents is 2. The van der Waals surface area contributed by atoms with Crippen LogP contribution in [0.2, 0.25) is 0 Å². The smallest absolute Gasteiger partial charge is 0.269 e. The number of nitro groups is 2. The highest BCUT2D eigenvalue weighted by atomic mass is 16.6. The fourth-order valence-electron chi connectivity index (χ4n) is 2.06. The number of nitro benzene ring substituents is 2. The summed E-state index contributed by atoms with van der Waals surface area (Å²) in [5.41, 5.74) is 1.35. The summed E-state index contributed by atoms with van der Waals surface area (Å²) >= 11 is 0. The van der Waals surface area contributed by atoms with E-state index in [1.54, 1.807) is 24.3 Å². The van der Waals surface area contributed by atoms with Gasteiger partial charge >= 0.3 is 0 Å². The summed E-state index contributed by atoms with van der Waals surface area (Å²) in [5.74, 6) is -0.383. The molecule has 0 aromatic heterocycles. The van der Waals surface area contributed by atoms with Crippen LogP contribution >= 0.6 is 0 Å². The molecule has 0 radical (unpaired) electrons. The van der Waals surface area contributed by atoms with E-state index in [0.29, 0.717) is 11.1 Å². The zero-order chi connectivity index (χ0) is 15.4. The zero-order valence-electron chi connectivity index (χ0n) is 10.9. The minimum Gasteiger partial charge on any atom is -0.395 e. The third kappa shape index (κ3) is 3.21. The SMILES string of the molecule is O=[N+]([O-])c1ccc(C(CO)c2ccc([N+](=O)[O-])cc2)cc1. The van der Waals surface area contributed by atoms with E-state index in [-0.39, 0.29) is 23.9 Å². The monoisotopic (exact) mass is 288 g/mol. The van der Waals surface area contributed by atoms with E-state index in [9.17, 15) is 25.3 Å². The van der Waals surface area contributed by atoms with Crippen molar-refractivity contribution in [2.45, 2.75) is 5.92 Å². The van der Waals surface area contributed by atoms with Gasteiger partial charge in [0.2, 0.25) is 0 Å². The van der Waals surface area contributed by atoms with Crippen LogP contribution in [0.1, 0.15) is 17.0 Å². The molecule has 2 aromatic rings. The highest BCUT2D eigenvalue weighted by Gasteiger charge is 2.16. The summed E-state index contributed by atoms with van der Waals surface area (Å²) < 4.78 is 0. The molecule has 21 heavy (non-hydrogen) atoms. The Kier molecular flexibility index (Phi) is 4.24. The molecule has 0 heterocycles. The van der Waals surface area contributed by atoms with Gasteiger partial charge in [0.05, 0.1) is 16.5 Å². The average molecular weight is 288 g/mol. The Morgan fingerprint density at radius 3 is 1.38 bits per heavy atom. The van der Waals surface area contributed by atoms with Crippen molar-refractivity contribution in [1.82, 2.24) is 0 Å². The van der Waals surface area contributed by atoms with Crippen molar-refractivity contribution in [3.8, 4) is 0 Å². The summed E-state index contributed by atoms with van der Waals surface area (Å²) in [4.78, 5) is 20.2. The van der Waals surface area contributed by atoms with Crippen molar-refractivity contribution >= 4 is 11.4 Å². The second-order valence-electron chi connectivity index (χ2n) is 4.43. The van der Waals surface area contributed by atoms with Crippen LogP contribution in [-0.2, 0) is 0 Å². The van der Waals surface area contributed by atoms with E-state index in [1.807, 2.05) is 0 Å². The molecule has 0 atom stereocenters. The largest absolute Gasteiger partial charge is 0.395 e. The minimum absolute atomic E-state index is 0.0286. The summed E-state index contributed by atoms with van der Waals surface area (Å²) in [5, 5.41) is 30.8. The van der Waals surface area contributed by atoms with E-state index < -0.39 is 9.85 Å². The Balaban J connectivity index is 2.30. The minimum atomic E-state index is -0.496. The van der Waals surface area contributed by atoms with E-state index >= 15 is 0 Å². The first-order valence-electron chi connectivity index (χ1n) is 6.12. The molecule has 1 N–H and O–H groups in total. The molecule has 0 spiro atoms. The first-order valence-corrected chi connectivity index (χ1v) is 6.12. The second-order valence-corrected chi connectivity index (χ2v) is 4.43. The van der Waals surface area contributed by atoms with Gasteiger partial charge in [0.15, 0.2) is 0 Å². The van der Waals surface area contributed by atoms with Crippen molar-refractivity contribution in [1.29, 1.82) is 0 Å². The number of hydrogen-bond acceptors (Lipinski definition) is 5. The third-order valence-electron chi connectivity index (χ3n) is 3.20. The molecule has 7 heteroatoms. The molecule has 7 nitrogen and oxygen atoms in total. The number of aliphatic hydroxyl groups excluding tert-OH is 1. The molecule has 0 fully saturated rings. The predicted molar refractivity (Wildman–Crippen MR) is 75.1 cm³/mol. The molecule has 2 rings (SSSR count). The van der Waals surface area contributed by atoms with Crippen LogP contribution in [0.4, 0.5) is 11.4 Å². The zero-order valence-corrected chi connectivity index (χ0v) is 10.9. The Hall–Kier alpha value is -2.80. The predicted octanol–water partition coefficient (Wildman–Crippen LogP) is 2.63. The Morgan fingerprint density at radius 2 is 1.14 bits per heavy atom. The Labute approximate surface area is 119 Å². The van der Waals surface area contributed by atoms with Crippen molar-refractivity contribution in [3.63, 3.8) is 0 Å². The second kappa shape index (κ2) is 6.10. The molecular weight excluding hydrogens is 276 g/mol. The Morgan fingerprint density at radius 1 is 0.810 bits per heavy atom. The molecular formula is C14H12N2O5. The number of hydrogen-bond donors (Lipinski definition) is 1. The van der Waals surface area contributed by atoms with Crippen LogP contribution in [0.3, 0.4) is 0 Å². The molecule has 108 valence electrons. The summed E-state index contributed by atoms with van der Waals surface area (Å²) in [6.07, 6.45) is 0. The van der Waals surface area contributed by atoms with E-state index in [2.05, 4.69) is 0 Å². The molecule has 0 unspecified atom stereocenters. The molecule has 0 aliphatic carbocycles. The summed E-state index contributed by atoms with van der Waals surface area (Å²) in [6.45, 7) is -0.199. The lowest BCUT2D eigenvalue weighted by Gasteiger charge is -2.14. The van der Waals surface area contributed by atoms with Crippen molar-refractivity contribution in [3.05, 3.63) is 79.9 Å². The molecule has 0 bridgehead atoms.